The van der Waals surface area contributed by atoms with Crippen LogP contribution in [0.25, 0.3) is 5.57 Å². The largest absolute Gasteiger partial charge is 0.391 e. The highest BCUT2D eigenvalue weighted by Gasteiger charge is 2.53. The van der Waals surface area contributed by atoms with Gasteiger partial charge in [0.1, 0.15) is 12.1 Å². The van der Waals surface area contributed by atoms with E-state index < -0.39 is 41.1 Å². The molecule has 11 heteroatoms. The van der Waals surface area contributed by atoms with Gasteiger partial charge in [0.15, 0.2) is 5.67 Å². The first-order valence-electron chi connectivity index (χ1n) is 12.9. The van der Waals surface area contributed by atoms with Crippen molar-refractivity contribution in [3.63, 3.8) is 0 Å². The molecule has 0 aromatic carbocycles. The predicted octanol–water partition coefficient (Wildman–Crippen LogP) is 2.29. The number of aryl methyl sites for hydroxylation is 1. The van der Waals surface area contributed by atoms with E-state index in [1.165, 1.54) is 4.90 Å². The highest BCUT2D eigenvalue weighted by molar-refractivity contribution is 7.11. The Balaban J connectivity index is 1.44. The van der Waals surface area contributed by atoms with Gasteiger partial charge < -0.3 is 25.4 Å². The minimum atomic E-state index is -1.92. The minimum absolute atomic E-state index is 0.0329. The number of carbonyl (C=O) groups excluding carboxylic acids is 3. The zero-order valence-corrected chi connectivity index (χ0v) is 23.4. The van der Waals surface area contributed by atoms with E-state index in [-0.39, 0.29) is 44.4 Å². The third kappa shape index (κ3) is 6.00. The van der Waals surface area contributed by atoms with Gasteiger partial charge in [-0.1, -0.05) is 32.9 Å². The van der Waals surface area contributed by atoms with Crippen LogP contribution in [-0.2, 0) is 19.1 Å². The number of nitrogens with one attached hydrogen (secondary N) is 2. The van der Waals surface area contributed by atoms with E-state index in [0.29, 0.717) is 6.42 Å². The molecule has 38 heavy (non-hydrogen) atoms. The van der Waals surface area contributed by atoms with Gasteiger partial charge in [0.2, 0.25) is 11.8 Å². The van der Waals surface area contributed by atoms with Crippen LogP contribution in [-0.4, -0.2) is 82.9 Å². The van der Waals surface area contributed by atoms with Crippen LogP contribution in [0.2, 0.25) is 0 Å². The Kier molecular flexibility index (Phi) is 8.11. The lowest BCUT2D eigenvalue weighted by Gasteiger charge is -2.35. The number of allylic oxidation sites excluding steroid dienone is 2. The van der Waals surface area contributed by atoms with Crippen LogP contribution in [0.1, 0.15) is 57.0 Å². The molecular formula is C27H37FN4O5S. The van der Waals surface area contributed by atoms with Crippen molar-refractivity contribution in [3.05, 3.63) is 33.8 Å². The van der Waals surface area contributed by atoms with Crippen molar-refractivity contribution >= 4 is 34.6 Å². The van der Waals surface area contributed by atoms with Crippen molar-refractivity contribution in [1.29, 1.82) is 0 Å². The first-order valence-corrected chi connectivity index (χ1v) is 13.8. The van der Waals surface area contributed by atoms with Crippen LogP contribution in [0.5, 0.6) is 0 Å². The second-order valence-electron chi connectivity index (χ2n) is 11.5. The van der Waals surface area contributed by atoms with Gasteiger partial charge >= 0.3 is 0 Å². The highest BCUT2D eigenvalue weighted by Crippen LogP contribution is 2.40. The maximum atomic E-state index is 14.3. The van der Waals surface area contributed by atoms with E-state index in [4.69, 9.17) is 4.74 Å². The number of aromatic nitrogens is 1. The summed E-state index contributed by atoms with van der Waals surface area (Å²) in [5, 5.41) is 15.8. The number of aliphatic hydroxyl groups is 1. The van der Waals surface area contributed by atoms with E-state index >= 15 is 0 Å². The number of hydrogen-bond donors (Lipinski definition) is 3. The number of likely N-dealkylation sites (tertiary alicyclic amines) is 1. The van der Waals surface area contributed by atoms with Gasteiger partial charge in [-0.3, -0.25) is 14.4 Å². The normalized spacial score (nSPS) is 25.3. The molecule has 0 bridgehead atoms. The number of β-amino-alcohol motifs (C(OH)–C–C–N with tert-alkyl or cyclic N) is 1. The molecule has 1 aliphatic heterocycles. The molecule has 3 amide bonds. The number of methoxy groups -OCH3 is 1. The lowest BCUT2D eigenvalue weighted by Crippen LogP contribution is -2.59. The number of aliphatic hydroxyl groups excluding tert-OH is 1. The molecule has 2 aliphatic carbocycles. The molecule has 1 saturated heterocycles. The summed E-state index contributed by atoms with van der Waals surface area (Å²) < 4.78 is 20.1. The Hall–Kier alpha value is -2.63. The second-order valence-corrected chi connectivity index (χ2v) is 12.3. The summed E-state index contributed by atoms with van der Waals surface area (Å²) in [6.45, 7) is 7.50. The molecule has 0 unspecified atom stereocenters. The van der Waals surface area contributed by atoms with Crippen LogP contribution in [0.15, 0.2) is 23.2 Å². The van der Waals surface area contributed by atoms with Crippen LogP contribution in [0.4, 0.5) is 4.39 Å². The number of halogens is 1. The van der Waals surface area contributed by atoms with Gasteiger partial charge in [0, 0.05) is 38.6 Å². The summed E-state index contributed by atoms with van der Waals surface area (Å²) in [5.74, 6) is -1.69. The zero-order valence-electron chi connectivity index (χ0n) is 22.5. The third-order valence-corrected chi connectivity index (χ3v) is 8.40. The van der Waals surface area contributed by atoms with E-state index in [2.05, 4.69) is 15.6 Å². The maximum Gasteiger partial charge on any atom is 0.258 e. The standard InChI is InChI=1S/C27H37FN4O5S/c1-15-21(38-14-30-15)18-7-6-16(10-20(18)37-5)12-29-23(34)19-11-17(33)13-32(19)24(35)22(26(2,3)4)31-25(36)27(28)8-9-27/h6-7,14,17,19-20,22,33H,8-13H2,1-5H3,(H,29,34)(H,31,36)/t17-,19+,20-,22-/m1/s1. The van der Waals surface area contributed by atoms with Crippen molar-refractivity contribution in [2.75, 3.05) is 20.2 Å². The topological polar surface area (TPSA) is 121 Å². The van der Waals surface area contributed by atoms with Crippen molar-refractivity contribution < 1.29 is 28.6 Å². The van der Waals surface area contributed by atoms with Gasteiger partial charge in [-0.25, -0.2) is 9.37 Å². The first-order chi connectivity index (χ1) is 17.8. The van der Waals surface area contributed by atoms with E-state index in [1.54, 1.807) is 44.7 Å². The van der Waals surface area contributed by atoms with Gasteiger partial charge in [-0.05, 0) is 30.8 Å². The number of rotatable bonds is 8. The maximum absolute atomic E-state index is 14.3. The summed E-state index contributed by atoms with van der Waals surface area (Å²) >= 11 is 1.56. The van der Waals surface area contributed by atoms with E-state index in [1.807, 2.05) is 19.1 Å². The Labute approximate surface area is 226 Å². The average molecular weight is 549 g/mol. The molecule has 4 atom stereocenters. The Bertz CT molecular complexity index is 1150. The number of hydrogen-bond acceptors (Lipinski definition) is 7. The number of amides is 3. The molecule has 9 nitrogen and oxygen atoms in total. The first kappa shape index (κ1) is 28.4. The lowest BCUT2D eigenvalue weighted by molar-refractivity contribution is -0.144. The summed E-state index contributed by atoms with van der Waals surface area (Å²) in [6, 6.07) is -1.93. The zero-order chi connectivity index (χ0) is 27.8. The summed E-state index contributed by atoms with van der Waals surface area (Å²) in [6.07, 6.45) is 3.87. The summed E-state index contributed by atoms with van der Waals surface area (Å²) in [5.41, 5.74) is 2.11. The van der Waals surface area contributed by atoms with Crippen molar-refractivity contribution in [2.24, 2.45) is 5.41 Å². The van der Waals surface area contributed by atoms with E-state index in [0.717, 1.165) is 21.7 Å². The number of alkyl halides is 1. The molecule has 3 N–H and O–H groups in total. The van der Waals surface area contributed by atoms with Crippen LogP contribution in [0, 0.1) is 12.3 Å². The second kappa shape index (κ2) is 10.9. The molecule has 3 aliphatic rings. The molecule has 0 radical (unpaired) electrons. The summed E-state index contributed by atoms with van der Waals surface area (Å²) in [4.78, 5) is 45.9. The summed E-state index contributed by atoms with van der Waals surface area (Å²) in [7, 11) is 1.65. The molecule has 0 spiro atoms. The van der Waals surface area contributed by atoms with Gasteiger partial charge in [0.25, 0.3) is 5.91 Å². The molecule has 1 saturated carbocycles. The smallest absolute Gasteiger partial charge is 0.258 e. The fourth-order valence-electron chi connectivity index (χ4n) is 4.91. The number of ether oxygens (including phenoxy) is 1. The van der Waals surface area contributed by atoms with Crippen molar-refractivity contribution in [1.82, 2.24) is 20.5 Å². The predicted molar refractivity (Wildman–Crippen MR) is 142 cm³/mol. The highest BCUT2D eigenvalue weighted by atomic mass is 32.1. The van der Waals surface area contributed by atoms with Gasteiger partial charge in [-0.2, -0.15) is 0 Å². The molecule has 2 heterocycles. The van der Waals surface area contributed by atoms with E-state index in [9.17, 15) is 23.9 Å². The fraction of sp³-hybridized carbons (Fsp3) is 0.630. The van der Waals surface area contributed by atoms with Crippen LogP contribution in [0.3, 0.4) is 0 Å². The molecular weight excluding hydrogens is 511 g/mol. The Morgan fingerprint density at radius 1 is 1.32 bits per heavy atom. The monoisotopic (exact) mass is 548 g/mol. The number of nitrogens with zero attached hydrogens (tertiary/aromatic N) is 2. The number of thiazole rings is 1. The van der Waals surface area contributed by atoms with Gasteiger partial charge in [-0.15, -0.1) is 11.3 Å². The average Bonchev–Trinajstić information content (AvgIpc) is 3.28. The number of carbonyl (C=O) groups is 3. The van der Waals surface area contributed by atoms with Crippen LogP contribution < -0.4 is 10.6 Å². The van der Waals surface area contributed by atoms with Gasteiger partial charge in [0.05, 0.1) is 28.3 Å². The Morgan fingerprint density at radius 2 is 2.03 bits per heavy atom. The van der Waals surface area contributed by atoms with Crippen LogP contribution >= 0.6 is 11.3 Å². The molecule has 1 aromatic heterocycles. The Morgan fingerprint density at radius 3 is 2.61 bits per heavy atom. The molecule has 4 rings (SSSR count). The molecule has 1 aromatic rings. The fourth-order valence-corrected chi connectivity index (χ4v) is 5.78. The third-order valence-electron chi connectivity index (χ3n) is 7.42. The van der Waals surface area contributed by atoms with Crippen molar-refractivity contribution in [3.8, 4) is 0 Å². The molecule has 208 valence electrons. The minimum Gasteiger partial charge on any atom is -0.391 e. The SMILES string of the molecule is CO[C@@H]1CC(CNC(=O)[C@@H]2C[C@@H](O)CN2C(=O)[C@@H](NC(=O)C2(F)CC2)C(C)(C)C)=CC=C1c1scnc1C. The molecule has 2 fully saturated rings. The van der Waals surface area contributed by atoms with Crippen molar-refractivity contribution in [2.45, 2.75) is 83.3 Å². The quantitative estimate of drug-likeness (QED) is 0.459. The lowest BCUT2D eigenvalue weighted by atomic mass is 9.85.